The van der Waals surface area contributed by atoms with Crippen molar-refractivity contribution in [1.29, 1.82) is 0 Å². The van der Waals surface area contributed by atoms with Crippen molar-refractivity contribution in [2.75, 3.05) is 0 Å². The summed E-state index contributed by atoms with van der Waals surface area (Å²) in [5.74, 6) is 1.07. The lowest BCUT2D eigenvalue weighted by atomic mass is 10.0. The van der Waals surface area contributed by atoms with E-state index < -0.39 is 0 Å². The zero-order valence-electron chi connectivity index (χ0n) is 11.1. The number of H-pyrrole nitrogens is 2. The summed E-state index contributed by atoms with van der Waals surface area (Å²) in [5, 5.41) is 0. The minimum absolute atomic E-state index is 0.200. The molecule has 0 unspecified atom stereocenters. The van der Waals surface area contributed by atoms with E-state index in [-0.39, 0.29) is 11.7 Å². The Morgan fingerprint density at radius 1 is 1.17 bits per heavy atom. The maximum absolute atomic E-state index is 12.1. The molecule has 0 fully saturated rings. The Kier molecular flexibility index (Phi) is 3.32. The molecule has 2 aromatic rings. The van der Waals surface area contributed by atoms with E-state index in [2.05, 4.69) is 47.6 Å². The highest BCUT2D eigenvalue weighted by atomic mass is 16.1. The molecule has 0 aliphatic heterocycles. The largest absolute Gasteiger partial charge is 0.342 e. The number of ketones is 1. The Morgan fingerprint density at radius 2 is 1.89 bits per heavy atom. The van der Waals surface area contributed by atoms with Gasteiger partial charge in [0.1, 0.15) is 0 Å². The summed E-state index contributed by atoms with van der Waals surface area (Å²) in [7, 11) is 0. The lowest BCUT2D eigenvalue weighted by Gasteiger charge is -2.07. The second-order valence-corrected chi connectivity index (χ2v) is 4.96. The van der Waals surface area contributed by atoms with Crippen LogP contribution in [0, 0.1) is 0 Å². The van der Waals surface area contributed by atoms with Crippen molar-refractivity contribution < 1.29 is 4.79 Å². The second kappa shape index (κ2) is 4.76. The monoisotopic (exact) mass is 246 g/mol. The Labute approximate surface area is 106 Å². The highest BCUT2D eigenvalue weighted by Gasteiger charge is 2.21. The van der Waals surface area contributed by atoms with Gasteiger partial charge in [0.15, 0.2) is 11.6 Å². The fraction of sp³-hybridized carbons (Fsp3) is 0.462. The van der Waals surface area contributed by atoms with Gasteiger partial charge in [0.05, 0.1) is 5.69 Å². The molecular weight excluding hydrogens is 228 g/mol. The van der Waals surface area contributed by atoms with Gasteiger partial charge in [-0.05, 0) is 11.8 Å². The highest BCUT2D eigenvalue weighted by Crippen LogP contribution is 2.24. The SMILES string of the molecule is CC(C)c1nc(C(=O)c2ncc[nH]2)[nH]c1C(C)C. The molecule has 18 heavy (non-hydrogen) atoms. The number of carbonyl (C=O) groups is 1. The first kappa shape index (κ1) is 12.5. The van der Waals surface area contributed by atoms with Crippen LogP contribution in [0.3, 0.4) is 0 Å². The predicted molar refractivity (Wildman–Crippen MR) is 68.8 cm³/mol. The topological polar surface area (TPSA) is 74.4 Å². The van der Waals surface area contributed by atoms with Gasteiger partial charge in [-0.1, -0.05) is 27.7 Å². The Hall–Kier alpha value is -1.91. The van der Waals surface area contributed by atoms with Gasteiger partial charge in [0, 0.05) is 18.1 Å². The van der Waals surface area contributed by atoms with E-state index in [1.54, 1.807) is 12.4 Å². The smallest absolute Gasteiger partial charge is 0.263 e. The number of hydrogen-bond acceptors (Lipinski definition) is 3. The van der Waals surface area contributed by atoms with Gasteiger partial charge in [-0.15, -0.1) is 0 Å². The quantitative estimate of drug-likeness (QED) is 0.814. The summed E-state index contributed by atoms with van der Waals surface area (Å²) in [5.41, 5.74) is 1.99. The van der Waals surface area contributed by atoms with Gasteiger partial charge in [0.2, 0.25) is 0 Å². The van der Waals surface area contributed by atoms with Gasteiger partial charge in [-0.3, -0.25) is 4.79 Å². The molecule has 2 aromatic heterocycles. The lowest BCUT2D eigenvalue weighted by Crippen LogP contribution is -2.06. The van der Waals surface area contributed by atoms with E-state index in [0.29, 0.717) is 17.6 Å². The van der Waals surface area contributed by atoms with Gasteiger partial charge in [-0.25, -0.2) is 9.97 Å². The van der Waals surface area contributed by atoms with E-state index >= 15 is 0 Å². The van der Waals surface area contributed by atoms with Crippen molar-refractivity contribution in [1.82, 2.24) is 19.9 Å². The molecule has 0 spiro atoms. The molecule has 2 rings (SSSR count). The van der Waals surface area contributed by atoms with Crippen molar-refractivity contribution in [2.45, 2.75) is 39.5 Å². The summed E-state index contributed by atoms with van der Waals surface area (Å²) in [6.07, 6.45) is 3.19. The summed E-state index contributed by atoms with van der Waals surface area (Å²) in [6.45, 7) is 8.31. The van der Waals surface area contributed by atoms with Crippen molar-refractivity contribution in [3.8, 4) is 0 Å². The normalized spacial score (nSPS) is 11.4. The van der Waals surface area contributed by atoms with Crippen molar-refractivity contribution in [3.63, 3.8) is 0 Å². The number of nitrogens with zero attached hydrogens (tertiary/aromatic N) is 2. The molecule has 0 saturated carbocycles. The maximum atomic E-state index is 12.1. The minimum atomic E-state index is -0.200. The first-order chi connectivity index (χ1) is 8.50. The van der Waals surface area contributed by atoms with E-state index in [9.17, 15) is 4.79 Å². The van der Waals surface area contributed by atoms with Crippen LogP contribution in [-0.4, -0.2) is 25.7 Å². The first-order valence-electron chi connectivity index (χ1n) is 6.14. The van der Waals surface area contributed by atoms with Crippen molar-refractivity contribution in [2.24, 2.45) is 0 Å². The van der Waals surface area contributed by atoms with E-state index in [4.69, 9.17) is 0 Å². The van der Waals surface area contributed by atoms with Gasteiger partial charge >= 0.3 is 0 Å². The average molecular weight is 246 g/mol. The molecule has 0 aliphatic rings. The molecular formula is C13H18N4O. The van der Waals surface area contributed by atoms with Crippen molar-refractivity contribution in [3.05, 3.63) is 35.4 Å². The molecule has 0 saturated heterocycles. The molecule has 96 valence electrons. The Balaban J connectivity index is 2.41. The van der Waals surface area contributed by atoms with E-state index in [1.165, 1.54) is 0 Å². The van der Waals surface area contributed by atoms with Crippen LogP contribution in [0.5, 0.6) is 0 Å². The van der Waals surface area contributed by atoms with Crippen LogP contribution < -0.4 is 0 Å². The second-order valence-electron chi connectivity index (χ2n) is 4.96. The number of rotatable bonds is 4. The molecule has 5 nitrogen and oxygen atoms in total. The number of hydrogen-bond donors (Lipinski definition) is 2. The highest BCUT2D eigenvalue weighted by molar-refractivity contribution is 6.03. The third-order valence-electron chi connectivity index (χ3n) is 2.81. The van der Waals surface area contributed by atoms with Crippen molar-refractivity contribution >= 4 is 5.78 Å². The summed E-state index contributed by atoms with van der Waals surface area (Å²) >= 11 is 0. The first-order valence-corrected chi connectivity index (χ1v) is 6.14. The Morgan fingerprint density at radius 3 is 2.33 bits per heavy atom. The minimum Gasteiger partial charge on any atom is -0.342 e. The fourth-order valence-corrected chi connectivity index (χ4v) is 1.89. The molecule has 0 radical (unpaired) electrons. The van der Waals surface area contributed by atoms with Crippen LogP contribution in [0.4, 0.5) is 0 Å². The van der Waals surface area contributed by atoms with Crippen LogP contribution in [-0.2, 0) is 0 Å². The maximum Gasteiger partial charge on any atom is 0.263 e. The standard InChI is InChI=1S/C13H18N4O/c1-7(2)9-10(8(3)4)17-13(16-9)11(18)12-14-5-6-15-12/h5-8H,1-4H3,(H,14,15)(H,16,17). The molecule has 2 heterocycles. The van der Waals surface area contributed by atoms with Gasteiger partial charge in [-0.2, -0.15) is 0 Å². The zero-order valence-corrected chi connectivity index (χ0v) is 11.1. The van der Waals surface area contributed by atoms with Crippen LogP contribution in [0.1, 0.15) is 67.4 Å². The molecule has 5 heteroatoms. The Bertz CT molecular complexity index is 512. The summed E-state index contributed by atoms with van der Waals surface area (Å²) in [6, 6.07) is 0. The summed E-state index contributed by atoms with van der Waals surface area (Å²) < 4.78 is 0. The molecule has 0 aliphatic carbocycles. The molecule has 0 amide bonds. The number of carbonyl (C=O) groups excluding carboxylic acids is 1. The average Bonchev–Trinajstić information content (AvgIpc) is 2.97. The number of aromatic amines is 2. The van der Waals surface area contributed by atoms with Gasteiger partial charge < -0.3 is 9.97 Å². The number of nitrogens with one attached hydrogen (secondary N) is 2. The summed E-state index contributed by atoms with van der Waals surface area (Å²) in [4.78, 5) is 26.4. The number of imidazole rings is 2. The lowest BCUT2D eigenvalue weighted by molar-refractivity contribution is 0.102. The predicted octanol–water partition coefficient (Wildman–Crippen LogP) is 2.61. The zero-order chi connectivity index (χ0) is 13.3. The molecule has 0 aromatic carbocycles. The third kappa shape index (κ3) is 2.20. The molecule has 0 bridgehead atoms. The van der Waals surface area contributed by atoms with Crippen LogP contribution >= 0.6 is 0 Å². The van der Waals surface area contributed by atoms with Crippen LogP contribution in [0.15, 0.2) is 12.4 Å². The third-order valence-corrected chi connectivity index (χ3v) is 2.81. The van der Waals surface area contributed by atoms with E-state index in [0.717, 1.165) is 11.4 Å². The molecule has 2 N–H and O–H groups in total. The van der Waals surface area contributed by atoms with Crippen LogP contribution in [0.2, 0.25) is 0 Å². The van der Waals surface area contributed by atoms with Crippen LogP contribution in [0.25, 0.3) is 0 Å². The molecule has 0 atom stereocenters. The van der Waals surface area contributed by atoms with E-state index in [1.807, 2.05) is 0 Å². The van der Waals surface area contributed by atoms with Gasteiger partial charge in [0.25, 0.3) is 5.78 Å². The number of aromatic nitrogens is 4. The fourth-order valence-electron chi connectivity index (χ4n) is 1.89.